The lowest BCUT2D eigenvalue weighted by atomic mass is 9.98. The fraction of sp³-hybridized carbons (Fsp3) is 0.520. The Morgan fingerprint density at radius 3 is 2.64 bits per heavy atom. The molecule has 5 rings (SSSR count). The number of hydrogen-bond acceptors (Lipinski definition) is 6. The molecule has 3 heterocycles. The normalized spacial score (nSPS) is 18.4. The number of benzene rings is 1. The smallest absolute Gasteiger partial charge is 0.404 e. The quantitative estimate of drug-likeness (QED) is 0.490. The minimum absolute atomic E-state index is 0.408. The maximum absolute atomic E-state index is 10.6. The molecular formula is C25H32N6O2. The molecule has 0 bridgehead atoms. The van der Waals surface area contributed by atoms with Gasteiger partial charge in [0, 0.05) is 30.4 Å². The van der Waals surface area contributed by atoms with Gasteiger partial charge in [-0.05, 0) is 57.1 Å². The number of ether oxygens (including phenoxy) is 1. The second-order valence-corrected chi connectivity index (χ2v) is 9.37. The van der Waals surface area contributed by atoms with Crippen molar-refractivity contribution in [2.45, 2.75) is 62.9 Å². The number of amides is 1. The standard InChI is InChI=1S/C25H32N6O2/c26-24(32)33-15-5-1-4-10-25(11-12-25)30-13-8-20(9-14-30)31-18-19(16-28-31)23-17-27-21-6-2-3-7-22(21)29-23/h2-3,6-7,16-18,20H,1,4-5,8-15H2,(H2,26,32). The first-order valence-corrected chi connectivity index (χ1v) is 12.1. The number of unbranched alkanes of at least 4 members (excludes halogenated alkanes) is 2. The first kappa shape index (κ1) is 21.8. The highest BCUT2D eigenvalue weighted by Crippen LogP contribution is 2.47. The van der Waals surface area contributed by atoms with Crippen LogP contribution in [0.2, 0.25) is 0 Å². The molecule has 1 amide bonds. The van der Waals surface area contributed by atoms with Crippen molar-refractivity contribution in [2.75, 3.05) is 19.7 Å². The van der Waals surface area contributed by atoms with Gasteiger partial charge in [-0.25, -0.2) is 9.78 Å². The van der Waals surface area contributed by atoms with Crippen LogP contribution in [0.5, 0.6) is 0 Å². The number of hydrogen-bond donors (Lipinski definition) is 1. The van der Waals surface area contributed by atoms with E-state index >= 15 is 0 Å². The van der Waals surface area contributed by atoms with Crippen molar-refractivity contribution in [3.8, 4) is 11.3 Å². The largest absolute Gasteiger partial charge is 0.450 e. The van der Waals surface area contributed by atoms with Crippen molar-refractivity contribution in [3.63, 3.8) is 0 Å². The maximum atomic E-state index is 10.6. The van der Waals surface area contributed by atoms with E-state index in [2.05, 4.69) is 25.9 Å². The number of piperidine rings is 1. The molecule has 0 radical (unpaired) electrons. The molecule has 0 unspecified atom stereocenters. The van der Waals surface area contributed by atoms with Gasteiger partial charge in [-0.15, -0.1) is 0 Å². The van der Waals surface area contributed by atoms with Crippen LogP contribution in [-0.2, 0) is 4.74 Å². The predicted octanol–water partition coefficient (Wildman–Crippen LogP) is 4.32. The predicted molar refractivity (Wildman–Crippen MR) is 127 cm³/mol. The summed E-state index contributed by atoms with van der Waals surface area (Å²) >= 11 is 0. The van der Waals surface area contributed by atoms with Crippen LogP contribution in [0.3, 0.4) is 0 Å². The zero-order valence-electron chi connectivity index (χ0n) is 19.0. The monoisotopic (exact) mass is 448 g/mol. The second kappa shape index (κ2) is 9.47. The van der Waals surface area contributed by atoms with Gasteiger partial charge in [-0.2, -0.15) is 5.10 Å². The van der Waals surface area contributed by atoms with E-state index in [4.69, 9.17) is 15.5 Å². The molecule has 1 aromatic carbocycles. The summed E-state index contributed by atoms with van der Waals surface area (Å²) < 4.78 is 6.95. The summed E-state index contributed by atoms with van der Waals surface area (Å²) in [5.74, 6) is 0. The molecule has 2 aliphatic rings. The minimum atomic E-state index is -0.675. The molecule has 0 atom stereocenters. The lowest BCUT2D eigenvalue weighted by molar-refractivity contribution is 0.107. The van der Waals surface area contributed by atoms with Gasteiger partial charge in [-0.1, -0.05) is 18.6 Å². The zero-order chi connectivity index (χ0) is 22.7. The zero-order valence-corrected chi connectivity index (χ0v) is 19.0. The van der Waals surface area contributed by atoms with Gasteiger partial charge in [0.15, 0.2) is 0 Å². The number of carbonyl (C=O) groups excluding carboxylic acids is 1. The van der Waals surface area contributed by atoms with E-state index in [1.807, 2.05) is 36.7 Å². The van der Waals surface area contributed by atoms with E-state index in [9.17, 15) is 4.79 Å². The van der Waals surface area contributed by atoms with Gasteiger partial charge in [0.2, 0.25) is 0 Å². The number of fused-ring (bicyclic) bond motifs is 1. The Labute approximate surface area is 194 Å². The average molecular weight is 449 g/mol. The summed E-state index contributed by atoms with van der Waals surface area (Å²) in [5, 5.41) is 4.68. The van der Waals surface area contributed by atoms with Crippen molar-refractivity contribution in [1.29, 1.82) is 0 Å². The SMILES string of the molecule is NC(=O)OCCCCCC1(N2CCC(n3cc(-c4cnc5ccccc5n4)cn3)CC2)CC1. The topological polar surface area (TPSA) is 99.2 Å². The molecular weight excluding hydrogens is 416 g/mol. The molecule has 1 saturated heterocycles. The first-order valence-electron chi connectivity index (χ1n) is 12.1. The Morgan fingerprint density at radius 1 is 1.09 bits per heavy atom. The van der Waals surface area contributed by atoms with Gasteiger partial charge in [0.05, 0.1) is 41.8 Å². The molecule has 33 heavy (non-hydrogen) atoms. The van der Waals surface area contributed by atoms with Crippen molar-refractivity contribution >= 4 is 17.1 Å². The summed E-state index contributed by atoms with van der Waals surface area (Å²) in [6.07, 6.45) is 14.5. The minimum Gasteiger partial charge on any atom is -0.450 e. The van der Waals surface area contributed by atoms with Crippen LogP contribution < -0.4 is 5.73 Å². The number of nitrogens with zero attached hydrogens (tertiary/aromatic N) is 5. The first-order chi connectivity index (χ1) is 16.1. The number of primary amides is 1. The molecule has 1 aliphatic carbocycles. The van der Waals surface area contributed by atoms with Gasteiger partial charge >= 0.3 is 6.09 Å². The summed E-state index contributed by atoms with van der Waals surface area (Å²) in [4.78, 5) is 22.6. The van der Waals surface area contributed by atoms with Crippen molar-refractivity contribution in [3.05, 3.63) is 42.9 Å². The van der Waals surface area contributed by atoms with Gasteiger partial charge in [0.25, 0.3) is 0 Å². The number of likely N-dealkylation sites (tertiary alicyclic amines) is 1. The number of para-hydroxylation sites is 2. The van der Waals surface area contributed by atoms with Crippen LogP contribution in [0.25, 0.3) is 22.3 Å². The third-order valence-corrected chi connectivity index (χ3v) is 7.21. The summed E-state index contributed by atoms with van der Waals surface area (Å²) in [6.45, 7) is 2.69. The van der Waals surface area contributed by atoms with Crippen molar-refractivity contribution < 1.29 is 9.53 Å². The molecule has 1 saturated carbocycles. The van der Waals surface area contributed by atoms with Crippen LogP contribution >= 0.6 is 0 Å². The molecule has 174 valence electrons. The Bertz CT molecular complexity index is 1100. The fourth-order valence-corrected chi connectivity index (χ4v) is 5.15. The van der Waals surface area contributed by atoms with E-state index < -0.39 is 6.09 Å². The molecule has 3 aromatic rings. The number of rotatable bonds is 9. The summed E-state index contributed by atoms with van der Waals surface area (Å²) in [6, 6.07) is 8.38. The molecule has 8 heteroatoms. The van der Waals surface area contributed by atoms with E-state index in [0.29, 0.717) is 18.2 Å². The average Bonchev–Trinajstić information content (AvgIpc) is 3.47. The van der Waals surface area contributed by atoms with E-state index in [-0.39, 0.29) is 0 Å². The van der Waals surface area contributed by atoms with Gasteiger partial charge in [-0.3, -0.25) is 14.6 Å². The van der Waals surface area contributed by atoms with Gasteiger partial charge < -0.3 is 10.5 Å². The van der Waals surface area contributed by atoms with Crippen molar-refractivity contribution in [2.24, 2.45) is 5.73 Å². The fourth-order valence-electron chi connectivity index (χ4n) is 5.15. The third-order valence-electron chi connectivity index (χ3n) is 7.21. The van der Waals surface area contributed by atoms with Crippen molar-refractivity contribution in [1.82, 2.24) is 24.6 Å². The molecule has 2 fully saturated rings. The highest BCUT2D eigenvalue weighted by molar-refractivity contribution is 5.76. The Hall–Kier alpha value is -3.00. The second-order valence-electron chi connectivity index (χ2n) is 9.37. The Morgan fingerprint density at radius 2 is 1.88 bits per heavy atom. The van der Waals surface area contributed by atoms with E-state index in [1.165, 1.54) is 25.7 Å². The van der Waals surface area contributed by atoms with Crippen LogP contribution in [-0.4, -0.2) is 56.0 Å². The van der Waals surface area contributed by atoms with Crippen LogP contribution in [0, 0.1) is 0 Å². The van der Waals surface area contributed by atoms with Crippen LogP contribution in [0.15, 0.2) is 42.9 Å². The summed E-state index contributed by atoms with van der Waals surface area (Å²) in [5.41, 5.74) is 9.13. The highest BCUT2D eigenvalue weighted by Gasteiger charge is 2.47. The van der Waals surface area contributed by atoms with Gasteiger partial charge in [0.1, 0.15) is 0 Å². The Balaban J connectivity index is 1.12. The van der Waals surface area contributed by atoms with Crippen LogP contribution in [0.1, 0.15) is 57.4 Å². The molecule has 1 aliphatic heterocycles. The maximum Gasteiger partial charge on any atom is 0.404 e. The molecule has 2 aromatic heterocycles. The number of carbonyl (C=O) groups is 1. The van der Waals surface area contributed by atoms with E-state index in [0.717, 1.165) is 61.1 Å². The highest BCUT2D eigenvalue weighted by atomic mass is 16.5. The lowest BCUT2D eigenvalue weighted by Gasteiger charge is -2.38. The molecule has 2 N–H and O–H groups in total. The van der Waals surface area contributed by atoms with Crippen LogP contribution in [0.4, 0.5) is 4.79 Å². The number of nitrogens with two attached hydrogens (primary N) is 1. The summed E-state index contributed by atoms with van der Waals surface area (Å²) in [7, 11) is 0. The number of aromatic nitrogens is 4. The Kier molecular flexibility index (Phi) is 6.26. The lowest BCUT2D eigenvalue weighted by Crippen LogP contribution is -2.43. The van der Waals surface area contributed by atoms with E-state index in [1.54, 1.807) is 0 Å². The molecule has 8 nitrogen and oxygen atoms in total. The molecule has 0 spiro atoms. The third kappa shape index (κ3) is 5.00.